The normalized spacial score (nSPS) is 10.5. The van der Waals surface area contributed by atoms with Crippen LogP contribution in [0.25, 0.3) is 0 Å². The minimum Gasteiger partial charge on any atom is -0.375 e. The summed E-state index contributed by atoms with van der Waals surface area (Å²) < 4.78 is 0. The Morgan fingerprint density at radius 3 is 2.58 bits per heavy atom. The molecule has 0 radical (unpaired) electrons. The number of nitrogens with zero attached hydrogens (tertiary/aromatic N) is 2. The number of anilines is 1. The lowest BCUT2D eigenvalue weighted by Crippen LogP contribution is -2.22. The van der Waals surface area contributed by atoms with Crippen LogP contribution < -0.4 is 5.73 Å². The molecule has 3 nitrogen and oxygen atoms in total. The van der Waals surface area contributed by atoms with Crippen molar-refractivity contribution >= 4 is 28.9 Å². The van der Waals surface area contributed by atoms with Gasteiger partial charge in [-0.1, -0.05) is 31.2 Å². The summed E-state index contributed by atoms with van der Waals surface area (Å²) in [5.74, 6) is 0. The summed E-state index contributed by atoms with van der Waals surface area (Å²) >= 11 is 1.57. The quantitative estimate of drug-likeness (QED) is 0.919. The van der Waals surface area contributed by atoms with Gasteiger partial charge in [0.15, 0.2) is 5.13 Å². The highest BCUT2D eigenvalue weighted by molar-refractivity contribution is 7.15. The maximum atomic E-state index is 5.66. The summed E-state index contributed by atoms with van der Waals surface area (Å²) in [6, 6.07) is 8.53. The van der Waals surface area contributed by atoms with E-state index in [0.717, 1.165) is 19.6 Å². The molecule has 19 heavy (non-hydrogen) atoms. The van der Waals surface area contributed by atoms with E-state index in [1.54, 1.807) is 11.3 Å². The first-order valence-corrected chi connectivity index (χ1v) is 6.97. The van der Waals surface area contributed by atoms with Gasteiger partial charge in [-0.3, -0.25) is 4.90 Å². The van der Waals surface area contributed by atoms with E-state index in [0.29, 0.717) is 5.13 Å². The molecule has 104 valence electrons. The van der Waals surface area contributed by atoms with Crippen LogP contribution in [0.5, 0.6) is 0 Å². The second-order valence-electron chi connectivity index (χ2n) is 4.39. The van der Waals surface area contributed by atoms with E-state index >= 15 is 0 Å². The lowest BCUT2D eigenvalue weighted by atomic mass is 10.1. The topological polar surface area (TPSA) is 42.2 Å². The van der Waals surface area contributed by atoms with Gasteiger partial charge in [-0.15, -0.1) is 23.7 Å². The van der Waals surface area contributed by atoms with Crippen LogP contribution in [0.2, 0.25) is 0 Å². The van der Waals surface area contributed by atoms with Gasteiger partial charge in [-0.2, -0.15) is 0 Å². The fraction of sp³-hybridized carbons (Fsp3) is 0.357. The van der Waals surface area contributed by atoms with Crippen molar-refractivity contribution < 1.29 is 0 Å². The van der Waals surface area contributed by atoms with Gasteiger partial charge in [0.1, 0.15) is 0 Å². The first kappa shape index (κ1) is 16.0. The summed E-state index contributed by atoms with van der Waals surface area (Å²) in [6.07, 6.45) is 1.88. The second kappa shape index (κ2) is 7.48. The maximum absolute atomic E-state index is 5.66. The van der Waals surface area contributed by atoms with Crippen molar-refractivity contribution in [3.8, 4) is 0 Å². The Labute approximate surface area is 124 Å². The van der Waals surface area contributed by atoms with Crippen molar-refractivity contribution in [2.75, 3.05) is 12.3 Å². The Balaban J connectivity index is 0.00000180. The first-order valence-electron chi connectivity index (χ1n) is 6.16. The fourth-order valence-electron chi connectivity index (χ4n) is 1.92. The molecule has 0 amide bonds. The Morgan fingerprint density at radius 1 is 1.26 bits per heavy atom. The van der Waals surface area contributed by atoms with Crippen LogP contribution >= 0.6 is 23.7 Å². The SMILES string of the molecule is CCN(Cc1cnc(N)s1)Cc1ccccc1C.Cl. The minimum atomic E-state index is 0. The maximum Gasteiger partial charge on any atom is 0.180 e. The van der Waals surface area contributed by atoms with Gasteiger partial charge in [-0.05, 0) is 24.6 Å². The molecular weight excluding hydrogens is 278 g/mol. The number of hydrogen-bond donors (Lipinski definition) is 1. The smallest absolute Gasteiger partial charge is 0.180 e. The summed E-state index contributed by atoms with van der Waals surface area (Å²) in [5, 5.41) is 0.650. The van der Waals surface area contributed by atoms with Crippen LogP contribution in [0.4, 0.5) is 5.13 Å². The average Bonchev–Trinajstić information content (AvgIpc) is 2.76. The Kier molecular flexibility index (Phi) is 6.28. The zero-order valence-corrected chi connectivity index (χ0v) is 12.9. The van der Waals surface area contributed by atoms with Crippen molar-refractivity contribution in [3.63, 3.8) is 0 Å². The average molecular weight is 298 g/mol. The molecule has 2 rings (SSSR count). The molecule has 0 aliphatic heterocycles. The number of nitrogen functional groups attached to an aromatic ring is 1. The molecule has 0 spiro atoms. The molecule has 2 N–H and O–H groups in total. The van der Waals surface area contributed by atoms with Crippen molar-refractivity contribution in [1.82, 2.24) is 9.88 Å². The Morgan fingerprint density at radius 2 is 2.00 bits per heavy atom. The van der Waals surface area contributed by atoms with Crippen LogP contribution in [0.3, 0.4) is 0 Å². The van der Waals surface area contributed by atoms with Gasteiger partial charge in [0.25, 0.3) is 0 Å². The molecule has 0 aliphatic carbocycles. The van der Waals surface area contributed by atoms with E-state index in [1.807, 2.05) is 6.20 Å². The fourth-order valence-corrected chi connectivity index (χ4v) is 2.65. The highest BCUT2D eigenvalue weighted by Crippen LogP contribution is 2.18. The summed E-state index contributed by atoms with van der Waals surface area (Å²) in [6.45, 7) is 7.25. The highest BCUT2D eigenvalue weighted by Gasteiger charge is 2.08. The van der Waals surface area contributed by atoms with E-state index in [4.69, 9.17) is 5.73 Å². The molecule has 0 unspecified atom stereocenters. The molecule has 0 aliphatic rings. The molecule has 0 atom stereocenters. The van der Waals surface area contributed by atoms with Gasteiger partial charge in [0.05, 0.1) is 0 Å². The molecule has 2 aromatic rings. The van der Waals surface area contributed by atoms with Crippen LogP contribution in [0.15, 0.2) is 30.5 Å². The van der Waals surface area contributed by atoms with Crippen LogP contribution in [0, 0.1) is 6.92 Å². The zero-order valence-electron chi connectivity index (χ0n) is 11.3. The van der Waals surface area contributed by atoms with Crippen molar-refractivity contribution in [3.05, 3.63) is 46.5 Å². The molecule has 0 saturated heterocycles. The summed E-state index contributed by atoms with van der Waals surface area (Å²) in [7, 11) is 0. The lowest BCUT2D eigenvalue weighted by molar-refractivity contribution is 0.273. The number of aryl methyl sites for hydroxylation is 1. The molecule has 1 heterocycles. The van der Waals surface area contributed by atoms with Gasteiger partial charge in [-0.25, -0.2) is 4.98 Å². The molecular formula is C14H20ClN3S. The number of halogens is 1. The molecule has 0 fully saturated rings. The largest absolute Gasteiger partial charge is 0.375 e. The number of rotatable bonds is 5. The predicted molar refractivity (Wildman–Crippen MR) is 84.7 cm³/mol. The van der Waals surface area contributed by atoms with Gasteiger partial charge in [0, 0.05) is 24.2 Å². The third-order valence-corrected chi connectivity index (χ3v) is 3.86. The van der Waals surface area contributed by atoms with Crippen LogP contribution in [0.1, 0.15) is 22.9 Å². The van der Waals surface area contributed by atoms with Crippen molar-refractivity contribution in [1.29, 1.82) is 0 Å². The van der Waals surface area contributed by atoms with Gasteiger partial charge in [0.2, 0.25) is 0 Å². The Bertz CT molecular complexity index is 513. The number of nitrogens with two attached hydrogens (primary N) is 1. The van der Waals surface area contributed by atoms with E-state index in [-0.39, 0.29) is 12.4 Å². The molecule has 5 heteroatoms. The molecule has 1 aromatic carbocycles. The predicted octanol–water partition coefficient (Wildman–Crippen LogP) is 3.48. The van der Waals surface area contributed by atoms with Gasteiger partial charge < -0.3 is 5.73 Å². The standard InChI is InChI=1S/C14H19N3S.ClH/c1-3-17(10-13-8-16-14(15)18-13)9-12-7-5-4-6-11(12)2;/h4-8H,3,9-10H2,1-2H3,(H2,15,16);1H. The van der Waals surface area contributed by atoms with Crippen LogP contribution in [-0.2, 0) is 13.1 Å². The van der Waals surface area contributed by atoms with Crippen molar-refractivity contribution in [2.24, 2.45) is 0 Å². The second-order valence-corrected chi connectivity index (χ2v) is 5.54. The van der Waals surface area contributed by atoms with Crippen LogP contribution in [-0.4, -0.2) is 16.4 Å². The monoisotopic (exact) mass is 297 g/mol. The molecule has 0 saturated carbocycles. The lowest BCUT2D eigenvalue weighted by Gasteiger charge is -2.20. The first-order chi connectivity index (χ1) is 8.69. The van der Waals surface area contributed by atoms with Gasteiger partial charge >= 0.3 is 0 Å². The summed E-state index contributed by atoms with van der Waals surface area (Å²) in [5.41, 5.74) is 8.39. The Hall–Kier alpha value is -1.10. The number of benzene rings is 1. The third kappa shape index (κ3) is 4.49. The van der Waals surface area contributed by atoms with E-state index in [9.17, 15) is 0 Å². The molecule has 0 bridgehead atoms. The minimum absolute atomic E-state index is 0. The van der Waals surface area contributed by atoms with E-state index < -0.39 is 0 Å². The highest BCUT2D eigenvalue weighted by atomic mass is 35.5. The third-order valence-electron chi connectivity index (χ3n) is 3.05. The van der Waals surface area contributed by atoms with E-state index in [1.165, 1.54) is 16.0 Å². The summed E-state index contributed by atoms with van der Waals surface area (Å²) in [4.78, 5) is 7.72. The molecule has 1 aromatic heterocycles. The number of thiazole rings is 1. The van der Waals surface area contributed by atoms with Crippen molar-refractivity contribution in [2.45, 2.75) is 26.9 Å². The number of hydrogen-bond acceptors (Lipinski definition) is 4. The van der Waals surface area contributed by atoms with E-state index in [2.05, 4.69) is 48.0 Å². The number of aromatic nitrogens is 1. The zero-order chi connectivity index (χ0) is 13.0.